The zero-order chi connectivity index (χ0) is 25.1. The zero-order valence-corrected chi connectivity index (χ0v) is 25.9. The fraction of sp³-hybridized carbons (Fsp3) is 0.125. The van der Waals surface area contributed by atoms with E-state index in [-0.39, 0.29) is 20.1 Å². The van der Waals surface area contributed by atoms with Gasteiger partial charge in [-0.05, 0) is 24.2 Å². The monoisotopic (exact) mass is 723 g/mol. The van der Waals surface area contributed by atoms with E-state index < -0.39 is 13.3 Å². The summed E-state index contributed by atoms with van der Waals surface area (Å²) in [6, 6.07) is 34.7. The molecule has 0 fully saturated rings. The predicted octanol–water partition coefficient (Wildman–Crippen LogP) is 7.85. The number of pyridine rings is 2. The second-order valence-electron chi connectivity index (χ2n) is 9.85. The van der Waals surface area contributed by atoms with Crippen molar-refractivity contribution in [1.82, 2.24) is 9.97 Å². The molecular formula is C32H28GeIrN2O-2. The number of para-hydroxylation sites is 1. The summed E-state index contributed by atoms with van der Waals surface area (Å²) >= 11 is -1.72. The molecule has 0 atom stereocenters. The van der Waals surface area contributed by atoms with Crippen molar-refractivity contribution < 1.29 is 24.5 Å². The van der Waals surface area contributed by atoms with Crippen LogP contribution in [0.15, 0.2) is 102 Å². The Labute approximate surface area is 234 Å². The number of hydrogen-bond acceptors (Lipinski definition) is 3. The third-order valence-electron chi connectivity index (χ3n) is 6.18. The van der Waals surface area contributed by atoms with Crippen molar-refractivity contribution in [3.8, 4) is 22.5 Å². The van der Waals surface area contributed by atoms with E-state index in [4.69, 9.17) is 4.42 Å². The van der Waals surface area contributed by atoms with Crippen LogP contribution in [-0.4, -0.2) is 23.2 Å². The van der Waals surface area contributed by atoms with Gasteiger partial charge in [-0.2, -0.15) is 0 Å². The van der Waals surface area contributed by atoms with Gasteiger partial charge >= 0.3 is 99.8 Å². The van der Waals surface area contributed by atoms with Gasteiger partial charge in [0.25, 0.3) is 0 Å². The van der Waals surface area contributed by atoms with Gasteiger partial charge in [0.2, 0.25) is 0 Å². The normalized spacial score (nSPS) is 11.0. The maximum absolute atomic E-state index is 5.99. The van der Waals surface area contributed by atoms with Crippen LogP contribution in [0.2, 0.25) is 17.3 Å². The van der Waals surface area contributed by atoms with Gasteiger partial charge in [0.05, 0.1) is 0 Å². The Balaban J connectivity index is 0.000000173. The number of furan rings is 1. The number of rotatable bonds is 3. The summed E-state index contributed by atoms with van der Waals surface area (Å²) < 4.78 is 7.44. The molecule has 1 radical (unpaired) electrons. The van der Waals surface area contributed by atoms with Crippen molar-refractivity contribution in [2.24, 2.45) is 0 Å². The van der Waals surface area contributed by atoms with Crippen molar-refractivity contribution in [3.63, 3.8) is 0 Å². The quantitative estimate of drug-likeness (QED) is 0.138. The van der Waals surface area contributed by atoms with Crippen LogP contribution in [0.4, 0.5) is 0 Å². The van der Waals surface area contributed by atoms with E-state index in [9.17, 15) is 0 Å². The molecule has 3 nitrogen and oxygen atoms in total. The number of nitrogens with zero attached hydrogens (tertiary/aromatic N) is 2. The Morgan fingerprint density at radius 2 is 1.38 bits per heavy atom. The largest absolute Gasteiger partial charge is 0 e. The third-order valence-corrected chi connectivity index (χ3v) is 10.4. The topological polar surface area (TPSA) is 38.9 Å². The van der Waals surface area contributed by atoms with Crippen molar-refractivity contribution in [3.05, 3.63) is 115 Å². The molecule has 187 valence electrons. The van der Waals surface area contributed by atoms with Gasteiger partial charge in [-0.25, -0.2) is 0 Å². The Hall–Kier alpha value is -3.05. The maximum Gasteiger partial charge on any atom is 0 e. The second kappa shape index (κ2) is 11.6. The molecule has 0 unspecified atom stereocenters. The van der Waals surface area contributed by atoms with E-state index in [1.54, 1.807) is 0 Å². The molecule has 0 amide bonds. The fourth-order valence-electron chi connectivity index (χ4n) is 4.08. The summed E-state index contributed by atoms with van der Waals surface area (Å²) in [6.07, 6.45) is 3.92. The van der Waals surface area contributed by atoms with Crippen LogP contribution in [0.25, 0.3) is 44.5 Å². The van der Waals surface area contributed by atoms with E-state index in [1.165, 1.54) is 4.40 Å². The van der Waals surface area contributed by atoms with Crippen LogP contribution in [-0.2, 0) is 20.1 Å². The standard InChI is InChI=1S/C18H12NO.C14H16GeN.Ir/c1-12-6-5-9-14-15-11-19-16(10-17(15)20-18(12)14)13-7-3-2-4-8-13;1-15(2,3)13-9-10-14(16-11-13)12-7-5-4-6-8-12;/h2-7,9-11H,1H3;4-7,9-11H,1-3H3;/q2*-1;. The smallest absolute Gasteiger partial charge is 0 e. The molecule has 0 bridgehead atoms. The van der Waals surface area contributed by atoms with Crippen molar-refractivity contribution >= 4 is 39.6 Å². The predicted molar refractivity (Wildman–Crippen MR) is 152 cm³/mol. The van der Waals surface area contributed by atoms with Gasteiger partial charge in [-0.1, -0.05) is 18.2 Å². The molecule has 0 saturated heterocycles. The van der Waals surface area contributed by atoms with Crippen molar-refractivity contribution in [2.75, 3.05) is 0 Å². The number of aryl methyl sites for hydroxylation is 1. The molecule has 0 saturated carbocycles. The summed E-state index contributed by atoms with van der Waals surface area (Å²) in [7, 11) is 0. The SMILES string of the molecule is Cc1cccc2c1oc1cc(-c3[c-]cccc3)ncc12.[CH3][Ge]([CH3])([CH3])[c]1ccc(-c2[c-]cccc2)nc1.[Ir]. The van der Waals surface area contributed by atoms with Crippen LogP contribution in [0.1, 0.15) is 5.56 Å². The molecule has 5 heteroatoms. The van der Waals surface area contributed by atoms with Crippen LogP contribution in [0, 0.1) is 19.1 Å². The number of benzene rings is 3. The van der Waals surface area contributed by atoms with E-state index in [2.05, 4.69) is 70.6 Å². The van der Waals surface area contributed by atoms with E-state index in [0.29, 0.717) is 0 Å². The molecule has 6 rings (SSSR count). The Morgan fingerprint density at radius 1 is 0.703 bits per heavy atom. The minimum Gasteiger partial charge on any atom is 0 e. The summed E-state index contributed by atoms with van der Waals surface area (Å²) in [4.78, 5) is 9.07. The Bertz CT molecular complexity index is 1610. The van der Waals surface area contributed by atoms with E-state index >= 15 is 0 Å². The molecule has 37 heavy (non-hydrogen) atoms. The fourth-order valence-corrected chi connectivity index (χ4v) is 6.25. The molecular weight excluding hydrogens is 693 g/mol. The van der Waals surface area contributed by atoms with Crippen LogP contribution in [0.5, 0.6) is 0 Å². The van der Waals surface area contributed by atoms with Gasteiger partial charge < -0.3 is 9.40 Å². The van der Waals surface area contributed by atoms with E-state index in [1.807, 2.05) is 73.1 Å². The molecule has 3 heterocycles. The third kappa shape index (κ3) is 6.10. The minimum atomic E-state index is -1.72. The van der Waals surface area contributed by atoms with E-state index in [0.717, 1.165) is 50.0 Å². The summed E-state index contributed by atoms with van der Waals surface area (Å²) in [5.41, 5.74) is 6.90. The van der Waals surface area contributed by atoms with Crippen molar-refractivity contribution in [2.45, 2.75) is 24.2 Å². The second-order valence-corrected chi connectivity index (χ2v) is 20.5. The van der Waals surface area contributed by atoms with Crippen LogP contribution >= 0.6 is 0 Å². The molecule has 3 aromatic carbocycles. The van der Waals surface area contributed by atoms with Gasteiger partial charge in [-0.15, -0.1) is 35.9 Å². The molecule has 0 N–H and O–H groups in total. The number of fused-ring (bicyclic) bond motifs is 3. The Kier molecular flexibility index (Phi) is 8.43. The first-order valence-electron chi connectivity index (χ1n) is 12.1. The summed E-state index contributed by atoms with van der Waals surface area (Å²) in [5.74, 6) is 7.14. The summed E-state index contributed by atoms with van der Waals surface area (Å²) in [5, 5.41) is 2.18. The number of hydrogen-bond donors (Lipinski definition) is 0. The first-order chi connectivity index (χ1) is 17.4. The van der Waals surface area contributed by atoms with Crippen LogP contribution in [0.3, 0.4) is 0 Å². The summed E-state index contributed by atoms with van der Waals surface area (Å²) in [6.45, 7) is 2.06. The van der Waals surface area contributed by atoms with Gasteiger partial charge in [-0.3, -0.25) is 0 Å². The number of aromatic nitrogens is 2. The molecule has 6 aromatic rings. The first-order valence-corrected chi connectivity index (χ1v) is 19.4. The average molecular weight is 721 g/mol. The average Bonchev–Trinajstić information content (AvgIpc) is 3.29. The van der Waals surface area contributed by atoms with Crippen molar-refractivity contribution in [1.29, 1.82) is 0 Å². The van der Waals surface area contributed by atoms with Gasteiger partial charge in [0.15, 0.2) is 0 Å². The molecule has 0 aliphatic carbocycles. The zero-order valence-electron chi connectivity index (χ0n) is 21.4. The Morgan fingerprint density at radius 3 is 1.97 bits per heavy atom. The molecule has 0 aliphatic heterocycles. The molecule has 0 aliphatic rings. The maximum atomic E-state index is 5.99. The minimum absolute atomic E-state index is 0. The molecule has 0 spiro atoms. The first kappa shape index (κ1) is 27.0. The molecule has 3 aromatic heterocycles. The van der Waals surface area contributed by atoms with Gasteiger partial charge in [0, 0.05) is 37.1 Å². The van der Waals surface area contributed by atoms with Crippen LogP contribution < -0.4 is 4.40 Å². The van der Waals surface area contributed by atoms with Gasteiger partial charge in [0.1, 0.15) is 11.2 Å².